The summed E-state index contributed by atoms with van der Waals surface area (Å²) in [4.78, 5) is 16.5. The van der Waals surface area contributed by atoms with Crippen LogP contribution in [0.25, 0.3) is 0 Å². The van der Waals surface area contributed by atoms with Crippen molar-refractivity contribution in [3.05, 3.63) is 59.7 Å². The number of nitrogens with zero attached hydrogens (tertiary/aromatic N) is 2. The highest BCUT2D eigenvalue weighted by Gasteiger charge is 2.07. The van der Waals surface area contributed by atoms with Gasteiger partial charge in [-0.1, -0.05) is 23.9 Å². The number of nitrogens with one attached hydrogen (secondary N) is 2. The number of thioether (sulfide) groups is 1. The van der Waals surface area contributed by atoms with E-state index in [4.69, 9.17) is 0 Å². The van der Waals surface area contributed by atoms with Gasteiger partial charge >= 0.3 is 0 Å². The van der Waals surface area contributed by atoms with Gasteiger partial charge in [-0.3, -0.25) is 9.79 Å². The van der Waals surface area contributed by atoms with Crippen LogP contribution in [0.2, 0.25) is 0 Å². The maximum Gasteiger partial charge on any atom is 0.271 e. The molecule has 0 aromatic heterocycles. The number of amidine groups is 1. The van der Waals surface area contributed by atoms with E-state index in [1.165, 1.54) is 12.1 Å². The predicted molar refractivity (Wildman–Crippen MR) is 107 cm³/mol. The van der Waals surface area contributed by atoms with Gasteiger partial charge in [0.25, 0.3) is 5.91 Å². The number of aliphatic imine (C=N–C) groups is 1. The van der Waals surface area contributed by atoms with Crippen LogP contribution in [0.3, 0.4) is 0 Å². The maximum atomic E-state index is 12.0. The van der Waals surface area contributed by atoms with Gasteiger partial charge in [-0.25, -0.2) is 5.43 Å². The summed E-state index contributed by atoms with van der Waals surface area (Å²) in [5.41, 5.74) is 5.55. The van der Waals surface area contributed by atoms with Crippen molar-refractivity contribution in [2.24, 2.45) is 10.1 Å². The fourth-order valence-corrected chi connectivity index (χ4v) is 3.17. The molecule has 0 unspecified atom stereocenters. The first kappa shape index (κ1) is 18.0. The molecule has 0 saturated carbocycles. The zero-order valence-corrected chi connectivity index (χ0v) is 15.2. The number of rotatable bonds is 4. The molecule has 1 aliphatic heterocycles. The smallest absolute Gasteiger partial charge is 0.271 e. The molecule has 3 N–H and O–H groups in total. The Hall–Kier alpha value is -2.80. The third kappa shape index (κ3) is 4.86. The average Bonchev–Trinajstić information content (AvgIpc) is 2.68. The number of benzene rings is 2. The Labute approximate surface area is 156 Å². The molecule has 1 heterocycles. The van der Waals surface area contributed by atoms with Gasteiger partial charge in [-0.2, -0.15) is 5.10 Å². The van der Waals surface area contributed by atoms with Gasteiger partial charge in [-0.15, -0.1) is 0 Å². The summed E-state index contributed by atoms with van der Waals surface area (Å²) in [6, 6.07) is 13.8. The van der Waals surface area contributed by atoms with E-state index in [0.29, 0.717) is 11.3 Å². The number of anilines is 1. The van der Waals surface area contributed by atoms with Crippen LogP contribution in [0.4, 0.5) is 5.69 Å². The number of carbonyl (C=O) groups is 1. The van der Waals surface area contributed by atoms with Gasteiger partial charge in [-0.05, 0) is 55.3 Å². The van der Waals surface area contributed by atoms with Crippen molar-refractivity contribution in [1.82, 2.24) is 5.43 Å². The minimum absolute atomic E-state index is 0.118. The van der Waals surface area contributed by atoms with E-state index in [2.05, 4.69) is 20.8 Å². The molecule has 3 rings (SSSR count). The van der Waals surface area contributed by atoms with Crippen LogP contribution in [0, 0.1) is 0 Å². The van der Waals surface area contributed by atoms with E-state index < -0.39 is 0 Å². The van der Waals surface area contributed by atoms with Crippen LogP contribution in [0.15, 0.2) is 58.6 Å². The monoisotopic (exact) mass is 368 g/mol. The summed E-state index contributed by atoms with van der Waals surface area (Å²) in [5, 5.41) is 17.7. The van der Waals surface area contributed by atoms with Gasteiger partial charge in [0, 0.05) is 23.5 Å². The Morgan fingerprint density at radius 2 is 1.81 bits per heavy atom. The molecule has 0 aliphatic carbocycles. The van der Waals surface area contributed by atoms with Crippen LogP contribution in [0.1, 0.15) is 29.3 Å². The number of aromatic hydroxyl groups is 1. The number of carbonyl (C=O) groups excluding carboxylic acids is 1. The van der Waals surface area contributed by atoms with Crippen LogP contribution in [-0.4, -0.2) is 34.2 Å². The molecule has 2 aromatic rings. The lowest BCUT2D eigenvalue weighted by Crippen LogP contribution is -2.19. The first-order valence-corrected chi connectivity index (χ1v) is 9.29. The molecule has 0 fully saturated rings. The Morgan fingerprint density at radius 3 is 2.46 bits per heavy atom. The summed E-state index contributed by atoms with van der Waals surface area (Å²) < 4.78 is 0. The van der Waals surface area contributed by atoms with Crippen molar-refractivity contribution in [1.29, 1.82) is 0 Å². The maximum absolute atomic E-state index is 12.0. The highest BCUT2D eigenvalue weighted by molar-refractivity contribution is 8.14. The SMILES string of the molecule is C/C(=N/NC(=O)c1ccc(O)cc1)c1ccc(NC2=NCCCS2)cc1. The van der Waals surface area contributed by atoms with Crippen LogP contribution in [-0.2, 0) is 0 Å². The van der Waals surface area contributed by atoms with Crippen LogP contribution in [0.5, 0.6) is 5.75 Å². The molecular weight excluding hydrogens is 348 g/mol. The van der Waals surface area contributed by atoms with Crippen molar-refractivity contribution < 1.29 is 9.90 Å². The summed E-state index contributed by atoms with van der Waals surface area (Å²) in [6.45, 7) is 2.71. The molecular formula is C19H20N4O2S. The molecule has 0 saturated heterocycles. The largest absolute Gasteiger partial charge is 0.508 e. The fourth-order valence-electron chi connectivity index (χ4n) is 2.33. The standard InChI is InChI=1S/C19H20N4O2S/c1-13(22-23-18(25)15-5-9-17(24)10-6-15)14-3-7-16(8-4-14)21-19-20-11-2-12-26-19/h3-10,24H,2,11-12H2,1H3,(H,20,21)(H,23,25)/b22-13-. The summed E-state index contributed by atoms with van der Waals surface area (Å²) in [6.07, 6.45) is 1.13. The van der Waals surface area contributed by atoms with Crippen LogP contribution < -0.4 is 10.7 Å². The molecule has 6 nitrogen and oxygen atoms in total. The Morgan fingerprint density at radius 1 is 1.12 bits per heavy atom. The lowest BCUT2D eigenvalue weighted by Gasteiger charge is -2.13. The highest BCUT2D eigenvalue weighted by atomic mass is 32.2. The first-order chi connectivity index (χ1) is 12.6. The zero-order valence-electron chi connectivity index (χ0n) is 14.4. The molecule has 1 amide bonds. The first-order valence-electron chi connectivity index (χ1n) is 8.30. The van der Waals surface area contributed by atoms with Crippen molar-refractivity contribution in [3.63, 3.8) is 0 Å². The van der Waals surface area contributed by atoms with Gasteiger partial charge < -0.3 is 10.4 Å². The number of hydrogen-bond donors (Lipinski definition) is 3. The van der Waals surface area contributed by atoms with Gasteiger partial charge in [0.2, 0.25) is 0 Å². The average molecular weight is 368 g/mol. The minimum Gasteiger partial charge on any atom is -0.508 e. The molecule has 0 spiro atoms. The molecule has 0 radical (unpaired) electrons. The number of hydrogen-bond acceptors (Lipinski definition) is 6. The lowest BCUT2D eigenvalue weighted by atomic mass is 10.1. The Bertz CT molecular complexity index is 830. The molecule has 134 valence electrons. The third-order valence-electron chi connectivity index (χ3n) is 3.81. The van der Waals surface area contributed by atoms with Gasteiger partial charge in [0.15, 0.2) is 5.17 Å². The normalized spacial score (nSPS) is 14.5. The number of amides is 1. The quantitative estimate of drug-likeness (QED) is 0.570. The lowest BCUT2D eigenvalue weighted by molar-refractivity contribution is 0.0955. The summed E-state index contributed by atoms with van der Waals surface area (Å²) in [7, 11) is 0. The molecule has 0 bridgehead atoms. The van der Waals surface area contributed by atoms with Crippen molar-refractivity contribution in [2.45, 2.75) is 13.3 Å². The second kappa shape index (κ2) is 8.53. The van der Waals surface area contributed by atoms with Crippen LogP contribution >= 0.6 is 11.8 Å². The molecule has 2 aromatic carbocycles. The number of phenolic OH excluding ortho intramolecular Hbond substituents is 1. The van der Waals surface area contributed by atoms with Gasteiger partial charge in [0.1, 0.15) is 5.75 Å². The highest BCUT2D eigenvalue weighted by Crippen LogP contribution is 2.17. The summed E-state index contributed by atoms with van der Waals surface area (Å²) in [5.74, 6) is 0.888. The van der Waals surface area contributed by atoms with E-state index >= 15 is 0 Å². The predicted octanol–water partition coefficient (Wildman–Crippen LogP) is 3.45. The molecule has 1 aliphatic rings. The zero-order chi connectivity index (χ0) is 18.4. The van der Waals surface area contributed by atoms with Crippen molar-refractivity contribution in [2.75, 3.05) is 17.6 Å². The van der Waals surface area contributed by atoms with E-state index in [-0.39, 0.29) is 11.7 Å². The molecule has 7 heteroatoms. The topological polar surface area (TPSA) is 86.1 Å². The molecule has 0 atom stereocenters. The van der Waals surface area contributed by atoms with Gasteiger partial charge in [0.05, 0.1) is 5.71 Å². The third-order valence-corrected chi connectivity index (χ3v) is 4.80. The van der Waals surface area contributed by atoms with E-state index in [1.807, 2.05) is 31.2 Å². The Kier molecular flexibility index (Phi) is 5.91. The van der Waals surface area contributed by atoms with Crippen molar-refractivity contribution in [3.8, 4) is 5.75 Å². The molecule has 26 heavy (non-hydrogen) atoms. The van der Waals surface area contributed by atoms with E-state index in [1.54, 1.807) is 23.9 Å². The minimum atomic E-state index is -0.324. The van der Waals surface area contributed by atoms with E-state index in [9.17, 15) is 9.90 Å². The second-order valence-corrected chi connectivity index (χ2v) is 6.86. The number of hydrazone groups is 1. The van der Waals surface area contributed by atoms with Crippen molar-refractivity contribution >= 4 is 34.2 Å². The fraction of sp³-hybridized carbons (Fsp3) is 0.211. The van der Waals surface area contributed by atoms with E-state index in [0.717, 1.165) is 35.1 Å². The Balaban J connectivity index is 1.60. The summed E-state index contributed by atoms with van der Waals surface area (Å²) >= 11 is 1.73. The number of phenols is 1. The second-order valence-electron chi connectivity index (χ2n) is 5.78.